The highest BCUT2D eigenvalue weighted by atomic mass is 32.2. The van der Waals surface area contributed by atoms with Gasteiger partial charge in [-0.1, -0.05) is 24.3 Å². The highest BCUT2D eigenvalue weighted by Crippen LogP contribution is 2.25. The quantitative estimate of drug-likeness (QED) is 0.826. The van der Waals surface area contributed by atoms with Crippen LogP contribution in [0.25, 0.3) is 6.08 Å². The maximum absolute atomic E-state index is 11.6. The molecule has 0 heterocycles. The number of hydrogen-bond acceptors (Lipinski definition) is 2. The van der Waals surface area contributed by atoms with Crippen LogP contribution in [0.2, 0.25) is 0 Å². The zero-order valence-electron chi connectivity index (χ0n) is 8.53. The zero-order valence-corrected chi connectivity index (χ0v) is 9.34. The minimum absolute atomic E-state index is 0.476. The van der Waals surface area contributed by atoms with Gasteiger partial charge >= 0.3 is 0 Å². The van der Waals surface area contributed by atoms with E-state index in [4.69, 9.17) is 0 Å². The van der Waals surface area contributed by atoms with Gasteiger partial charge in [-0.25, -0.2) is 13.1 Å². The van der Waals surface area contributed by atoms with Crippen LogP contribution in [0.4, 0.5) is 0 Å². The second-order valence-electron chi connectivity index (χ2n) is 3.52. The molecule has 2 rings (SSSR count). The highest BCUT2D eigenvalue weighted by molar-refractivity contribution is 7.93. The van der Waals surface area contributed by atoms with E-state index in [1.807, 2.05) is 24.3 Å². The molecule has 3 nitrogen and oxygen atoms in total. The second-order valence-corrected chi connectivity index (χ2v) is 5.46. The number of hydrogen-bond donors (Lipinski definition) is 1. The molecule has 1 aliphatic carbocycles. The predicted octanol–water partition coefficient (Wildman–Crippen LogP) is 1.52. The van der Waals surface area contributed by atoms with Crippen molar-refractivity contribution in [3.63, 3.8) is 0 Å². The molecule has 0 atom stereocenters. The Kier molecular flexibility index (Phi) is 2.63. The summed E-state index contributed by atoms with van der Waals surface area (Å²) in [4.78, 5) is 0.476. The summed E-state index contributed by atoms with van der Waals surface area (Å²) < 4.78 is 25.5. The Labute approximate surface area is 89.9 Å². The molecular formula is C11H13NO2S. The van der Waals surface area contributed by atoms with Crippen molar-refractivity contribution >= 4 is 16.1 Å². The first-order valence-electron chi connectivity index (χ1n) is 4.85. The van der Waals surface area contributed by atoms with Crippen molar-refractivity contribution in [3.8, 4) is 0 Å². The lowest BCUT2D eigenvalue weighted by molar-refractivity contribution is 0.592. The smallest absolute Gasteiger partial charge is 0.215 e. The number of nitrogens with one attached hydrogen (secondary N) is 1. The summed E-state index contributed by atoms with van der Waals surface area (Å²) in [5.41, 5.74) is 2.23. The van der Waals surface area contributed by atoms with Crippen LogP contribution >= 0.6 is 0 Å². The number of fused-ring (bicyclic) bond motifs is 1. The molecule has 0 radical (unpaired) electrons. The maximum Gasteiger partial charge on any atom is 0.236 e. The number of sulfonamides is 1. The first-order valence-corrected chi connectivity index (χ1v) is 6.34. The molecule has 1 aliphatic rings. The fourth-order valence-corrected chi connectivity index (χ4v) is 2.66. The van der Waals surface area contributed by atoms with E-state index in [0.29, 0.717) is 11.3 Å². The van der Waals surface area contributed by atoms with Gasteiger partial charge in [0.2, 0.25) is 10.0 Å². The van der Waals surface area contributed by atoms with Gasteiger partial charge in [0.05, 0.1) is 4.91 Å². The molecule has 0 amide bonds. The molecule has 4 heteroatoms. The number of aryl methyl sites for hydroxylation is 1. The van der Waals surface area contributed by atoms with Crippen LogP contribution in [-0.2, 0) is 16.4 Å². The Morgan fingerprint density at radius 3 is 2.67 bits per heavy atom. The van der Waals surface area contributed by atoms with Crippen molar-refractivity contribution in [1.82, 2.24) is 4.72 Å². The van der Waals surface area contributed by atoms with Crippen molar-refractivity contribution in [2.75, 3.05) is 7.05 Å². The van der Waals surface area contributed by atoms with Gasteiger partial charge in [-0.2, -0.15) is 0 Å². The number of rotatable bonds is 2. The molecular weight excluding hydrogens is 210 g/mol. The van der Waals surface area contributed by atoms with E-state index in [1.54, 1.807) is 6.08 Å². The summed E-state index contributed by atoms with van der Waals surface area (Å²) in [6, 6.07) is 7.88. The molecule has 0 saturated carbocycles. The summed E-state index contributed by atoms with van der Waals surface area (Å²) in [5, 5.41) is 0. The molecule has 80 valence electrons. The molecule has 0 fully saturated rings. The van der Waals surface area contributed by atoms with Crippen molar-refractivity contribution < 1.29 is 8.42 Å². The molecule has 0 unspecified atom stereocenters. The highest BCUT2D eigenvalue weighted by Gasteiger charge is 2.19. The van der Waals surface area contributed by atoms with Gasteiger partial charge in [-0.3, -0.25) is 0 Å². The Hall–Kier alpha value is -1.13. The van der Waals surface area contributed by atoms with Crippen LogP contribution in [-0.4, -0.2) is 15.5 Å². The zero-order chi connectivity index (χ0) is 10.9. The van der Waals surface area contributed by atoms with Crippen LogP contribution in [0.5, 0.6) is 0 Å². The van der Waals surface area contributed by atoms with E-state index in [1.165, 1.54) is 12.6 Å². The minimum atomic E-state index is -3.25. The first-order chi connectivity index (χ1) is 7.13. The average Bonchev–Trinajstić information content (AvgIpc) is 2.28. The van der Waals surface area contributed by atoms with E-state index in [2.05, 4.69) is 4.72 Å². The van der Waals surface area contributed by atoms with E-state index >= 15 is 0 Å². The SMILES string of the molecule is CNS(=O)(=O)C1=Cc2ccccc2CC1. The van der Waals surface area contributed by atoms with Gasteiger partial charge in [0.15, 0.2) is 0 Å². The fraction of sp³-hybridized carbons (Fsp3) is 0.273. The van der Waals surface area contributed by atoms with E-state index in [-0.39, 0.29) is 0 Å². The van der Waals surface area contributed by atoms with Gasteiger partial charge in [0, 0.05) is 0 Å². The van der Waals surface area contributed by atoms with Crippen molar-refractivity contribution in [2.24, 2.45) is 0 Å². The lowest BCUT2D eigenvalue weighted by atomic mass is 9.98. The largest absolute Gasteiger partial charge is 0.236 e. The van der Waals surface area contributed by atoms with Crippen LogP contribution in [0.3, 0.4) is 0 Å². The van der Waals surface area contributed by atoms with Crippen molar-refractivity contribution in [3.05, 3.63) is 40.3 Å². The molecule has 15 heavy (non-hydrogen) atoms. The van der Waals surface area contributed by atoms with E-state index < -0.39 is 10.0 Å². The summed E-state index contributed by atoms with van der Waals surface area (Å²) in [7, 11) is -1.81. The number of allylic oxidation sites excluding steroid dienone is 1. The Balaban J connectivity index is 2.46. The molecule has 0 bridgehead atoms. The summed E-state index contributed by atoms with van der Waals surface area (Å²) in [5.74, 6) is 0. The Morgan fingerprint density at radius 2 is 1.93 bits per heavy atom. The molecule has 0 aliphatic heterocycles. The number of benzene rings is 1. The van der Waals surface area contributed by atoms with Crippen LogP contribution < -0.4 is 4.72 Å². The molecule has 0 spiro atoms. The minimum Gasteiger partial charge on any atom is -0.215 e. The normalized spacial score (nSPS) is 15.7. The third-order valence-corrected chi connectivity index (χ3v) is 4.18. The summed E-state index contributed by atoms with van der Waals surface area (Å²) >= 11 is 0. The third kappa shape index (κ3) is 1.96. The van der Waals surface area contributed by atoms with E-state index in [9.17, 15) is 8.42 Å². The van der Waals surface area contributed by atoms with Crippen LogP contribution in [0.1, 0.15) is 17.5 Å². The van der Waals surface area contributed by atoms with Gasteiger partial charge in [0.25, 0.3) is 0 Å². The summed E-state index contributed by atoms with van der Waals surface area (Å²) in [6.07, 6.45) is 3.13. The average molecular weight is 223 g/mol. The molecule has 1 N–H and O–H groups in total. The van der Waals surface area contributed by atoms with Gasteiger partial charge in [0.1, 0.15) is 0 Å². The lowest BCUT2D eigenvalue weighted by Crippen LogP contribution is -2.21. The topological polar surface area (TPSA) is 46.2 Å². The third-order valence-electron chi connectivity index (χ3n) is 2.63. The second kappa shape index (κ2) is 3.79. The molecule has 0 aromatic heterocycles. The maximum atomic E-state index is 11.6. The Morgan fingerprint density at radius 1 is 1.20 bits per heavy atom. The molecule has 1 aromatic rings. The monoisotopic (exact) mass is 223 g/mol. The van der Waals surface area contributed by atoms with Gasteiger partial charge in [-0.05, 0) is 37.1 Å². The predicted molar refractivity (Wildman–Crippen MR) is 60.7 cm³/mol. The standard InChI is InChI=1S/C11H13NO2S/c1-12-15(13,14)11-7-6-9-4-2-3-5-10(9)8-11/h2-5,8,12H,6-7H2,1H3. The lowest BCUT2D eigenvalue weighted by Gasteiger charge is -2.15. The summed E-state index contributed by atoms with van der Waals surface area (Å²) in [6.45, 7) is 0. The van der Waals surface area contributed by atoms with Gasteiger partial charge < -0.3 is 0 Å². The van der Waals surface area contributed by atoms with Gasteiger partial charge in [-0.15, -0.1) is 0 Å². The van der Waals surface area contributed by atoms with Crippen molar-refractivity contribution in [2.45, 2.75) is 12.8 Å². The van der Waals surface area contributed by atoms with E-state index in [0.717, 1.165) is 12.0 Å². The van der Waals surface area contributed by atoms with Crippen molar-refractivity contribution in [1.29, 1.82) is 0 Å². The van der Waals surface area contributed by atoms with Crippen LogP contribution in [0.15, 0.2) is 29.2 Å². The van der Waals surface area contributed by atoms with Crippen LogP contribution in [0, 0.1) is 0 Å². The molecule has 1 aromatic carbocycles. The first kappa shape index (κ1) is 10.4. The molecule has 0 saturated heterocycles. The fourth-order valence-electron chi connectivity index (χ4n) is 1.75. The Bertz CT molecular complexity index is 503.